The van der Waals surface area contributed by atoms with Crippen LogP contribution in [0.4, 0.5) is 11.4 Å². The zero-order valence-electron chi connectivity index (χ0n) is 10.8. The Morgan fingerprint density at radius 1 is 1.35 bits per heavy atom. The van der Waals surface area contributed by atoms with Gasteiger partial charge in [-0.15, -0.1) is 0 Å². The minimum atomic E-state index is -0.358. The molecule has 1 heterocycles. The van der Waals surface area contributed by atoms with Crippen LogP contribution in [0, 0.1) is 5.41 Å². The number of hydrogen-bond donors (Lipinski definition) is 2. The summed E-state index contributed by atoms with van der Waals surface area (Å²) >= 11 is 0. The van der Waals surface area contributed by atoms with Crippen LogP contribution < -0.4 is 10.6 Å². The first-order chi connectivity index (χ1) is 7.97. The van der Waals surface area contributed by atoms with E-state index in [0.717, 1.165) is 24.3 Å². The SMILES string of the molecule is CC(C)(C)C(=O)Nc1ccc2c(c1)NCCC2. The van der Waals surface area contributed by atoms with E-state index in [9.17, 15) is 4.79 Å². The fourth-order valence-electron chi connectivity index (χ4n) is 1.86. The second-order valence-corrected chi connectivity index (χ2v) is 5.61. The number of nitrogens with one attached hydrogen (secondary N) is 2. The van der Waals surface area contributed by atoms with E-state index >= 15 is 0 Å². The highest BCUT2D eigenvalue weighted by Gasteiger charge is 2.21. The molecule has 0 bridgehead atoms. The molecule has 3 heteroatoms. The van der Waals surface area contributed by atoms with Crippen molar-refractivity contribution in [3.05, 3.63) is 23.8 Å². The van der Waals surface area contributed by atoms with E-state index in [2.05, 4.69) is 16.7 Å². The Hall–Kier alpha value is -1.51. The van der Waals surface area contributed by atoms with E-state index in [1.165, 1.54) is 12.0 Å². The summed E-state index contributed by atoms with van der Waals surface area (Å²) in [4.78, 5) is 11.9. The molecule has 1 aliphatic rings. The maximum atomic E-state index is 11.9. The number of hydrogen-bond acceptors (Lipinski definition) is 2. The number of carbonyl (C=O) groups excluding carboxylic acids is 1. The van der Waals surface area contributed by atoms with Gasteiger partial charge in [-0.3, -0.25) is 4.79 Å². The molecule has 2 N–H and O–H groups in total. The zero-order valence-corrected chi connectivity index (χ0v) is 10.8. The third-order valence-corrected chi connectivity index (χ3v) is 2.99. The van der Waals surface area contributed by atoms with Crippen molar-refractivity contribution in [2.24, 2.45) is 5.41 Å². The predicted molar refractivity (Wildman–Crippen MR) is 71.3 cm³/mol. The smallest absolute Gasteiger partial charge is 0.229 e. The van der Waals surface area contributed by atoms with Crippen molar-refractivity contribution in [3.8, 4) is 0 Å². The van der Waals surface area contributed by atoms with Crippen LogP contribution in [-0.2, 0) is 11.2 Å². The summed E-state index contributed by atoms with van der Waals surface area (Å²) < 4.78 is 0. The van der Waals surface area contributed by atoms with Crippen molar-refractivity contribution in [2.75, 3.05) is 17.2 Å². The van der Waals surface area contributed by atoms with Gasteiger partial charge in [-0.05, 0) is 30.5 Å². The Balaban J connectivity index is 2.15. The van der Waals surface area contributed by atoms with Crippen LogP contribution in [0.25, 0.3) is 0 Å². The highest BCUT2D eigenvalue weighted by Crippen LogP contribution is 2.26. The number of anilines is 2. The molecule has 0 aromatic heterocycles. The van der Waals surface area contributed by atoms with Gasteiger partial charge in [0.05, 0.1) is 0 Å². The van der Waals surface area contributed by atoms with Gasteiger partial charge >= 0.3 is 0 Å². The first kappa shape index (κ1) is 12.0. The Morgan fingerprint density at radius 3 is 2.82 bits per heavy atom. The second-order valence-electron chi connectivity index (χ2n) is 5.61. The Morgan fingerprint density at radius 2 is 2.12 bits per heavy atom. The summed E-state index contributed by atoms with van der Waals surface area (Å²) in [5.74, 6) is 0.0493. The summed E-state index contributed by atoms with van der Waals surface area (Å²) in [6.07, 6.45) is 2.30. The maximum absolute atomic E-state index is 11.9. The third-order valence-electron chi connectivity index (χ3n) is 2.99. The Kier molecular flexibility index (Phi) is 3.09. The van der Waals surface area contributed by atoms with Crippen LogP contribution in [0.3, 0.4) is 0 Å². The summed E-state index contributed by atoms with van der Waals surface area (Å²) in [5, 5.41) is 6.32. The normalized spacial score (nSPS) is 14.8. The molecule has 1 aromatic rings. The first-order valence-electron chi connectivity index (χ1n) is 6.15. The highest BCUT2D eigenvalue weighted by molar-refractivity contribution is 5.95. The molecule has 2 rings (SSSR count). The van der Waals surface area contributed by atoms with E-state index in [4.69, 9.17) is 0 Å². The fourth-order valence-corrected chi connectivity index (χ4v) is 1.86. The van der Waals surface area contributed by atoms with Crippen LogP contribution in [0.5, 0.6) is 0 Å². The van der Waals surface area contributed by atoms with Gasteiger partial charge in [-0.2, -0.15) is 0 Å². The molecule has 0 radical (unpaired) electrons. The number of carbonyl (C=O) groups is 1. The van der Waals surface area contributed by atoms with E-state index in [0.29, 0.717) is 0 Å². The van der Waals surface area contributed by atoms with Gasteiger partial charge in [-0.25, -0.2) is 0 Å². The lowest BCUT2D eigenvalue weighted by Gasteiger charge is -2.21. The molecule has 17 heavy (non-hydrogen) atoms. The molecule has 0 spiro atoms. The Bertz CT molecular complexity index is 432. The predicted octanol–water partition coefficient (Wildman–Crippen LogP) is 3.03. The number of rotatable bonds is 1. The maximum Gasteiger partial charge on any atom is 0.229 e. The van der Waals surface area contributed by atoms with Crippen LogP contribution in [0.2, 0.25) is 0 Å². The molecule has 0 unspecified atom stereocenters. The number of fused-ring (bicyclic) bond motifs is 1. The van der Waals surface area contributed by atoms with Crippen molar-refractivity contribution >= 4 is 17.3 Å². The summed E-state index contributed by atoms with van der Waals surface area (Å²) in [7, 11) is 0. The van der Waals surface area contributed by atoms with Crippen LogP contribution in [0.1, 0.15) is 32.8 Å². The van der Waals surface area contributed by atoms with E-state index < -0.39 is 0 Å². The summed E-state index contributed by atoms with van der Waals surface area (Å²) in [5.41, 5.74) is 3.01. The van der Waals surface area contributed by atoms with Gasteiger partial charge in [-0.1, -0.05) is 26.8 Å². The lowest BCUT2D eigenvalue weighted by atomic mass is 9.95. The summed E-state index contributed by atoms with van der Waals surface area (Å²) in [6, 6.07) is 6.10. The molecule has 1 aliphatic heterocycles. The molecule has 0 aliphatic carbocycles. The standard InChI is InChI=1S/C14H20N2O/c1-14(2,3)13(17)16-11-7-6-10-5-4-8-15-12(10)9-11/h6-7,9,15H,4-5,8H2,1-3H3,(H,16,17). The van der Waals surface area contributed by atoms with Crippen LogP contribution in [0.15, 0.2) is 18.2 Å². The molecule has 92 valence electrons. The van der Waals surface area contributed by atoms with E-state index in [1.807, 2.05) is 32.9 Å². The van der Waals surface area contributed by atoms with Gasteiger partial charge in [0.25, 0.3) is 0 Å². The van der Waals surface area contributed by atoms with Crippen LogP contribution >= 0.6 is 0 Å². The first-order valence-corrected chi connectivity index (χ1v) is 6.15. The molecule has 0 saturated carbocycles. The van der Waals surface area contributed by atoms with Crippen molar-refractivity contribution in [3.63, 3.8) is 0 Å². The van der Waals surface area contributed by atoms with Crippen molar-refractivity contribution in [2.45, 2.75) is 33.6 Å². The Labute approximate surface area is 103 Å². The van der Waals surface area contributed by atoms with Crippen molar-refractivity contribution < 1.29 is 4.79 Å². The summed E-state index contributed by atoms with van der Waals surface area (Å²) in [6.45, 7) is 6.76. The highest BCUT2D eigenvalue weighted by atomic mass is 16.2. The number of aryl methyl sites for hydroxylation is 1. The number of benzene rings is 1. The second kappa shape index (κ2) is 4.40. The lowest BCUT2D eigenvalue weighted by Crippen LogP contribution is -2.27. The minimum absolute atomic E-state index is 0.0493. The topological polar surface area (TPSA) is 41.1 Å². The zero-order chi connectivity index (χ0) is 12.5. The average molecular weight is 232 g/mol. The van der Waals surface area contributed by atoms with Crippen molar-refractivity contribution in [1.82, 2.24) is 0 Å². The van der Waals surface area contributed by atoms with Gasteiger partial charge in [0.15, 0.2) is 0 Å². The molecule has 0 fully saturated rings. The van der Waals surface area contributed by atoms with Gasteiger partial charge in [0.1, 0.15) is 0 Å². The molecule has 1 amide bonds. The van der Waals surface area contributed by atoms with Crippen molar-refractivity contribution in [1.29, 1.82) is 0 Å². The fraction of sp³-hybridized carbons (Fsp3) is 0.500. The van der Waals surface area contributed by atoms with E-state index in [-0.39, 0.29) is 11.3 Å². The largest absolute Gasteiger partial charge is 0.385 e. The quantitative estimate of drug-likeness (QED) is 0.781. The molecular formula is C14H20N2O. The molecular weight excluding hydrogens is 212 g/mol. The molecule has 1 aromatic carbocycles. The van der Waals surface area contributed by atoms with Gasteiger partial charge in [0.2, 0.25) is 5.91 Å². The molecule has 0 saturated heterocycles. The van der Waals surface area contributed by atoms with Gasteiger partial charge in [0, 0.05) is 23.3 Å². The number of amides is 1. The molecule has 3 nitrogen and oxygen atoms in total. The van der Waals surface area contributed by atoms with E-state index in [1.54, 1.807) is 0 Å². The minimum Gasteiger partial charge on any atom is -0.385 e. The lowest BCUT2D eigenvalue weighted by molar-refractivity contribution is -0.123. The third kappa shape index (κ3) is 2.78. The average Bonchev–Trinajstić information content (AvgIpc) is 2.27. The molecule has 0 atom stereocenters. The van der Waals surface area contributed by atoms with Gasteiger partial charge < -0.3 is 10.6 Å². The monoisotopic (exact) mass is 232 g/mol. The van der Waals surface area contributed by atoms with Crippen LogP contribution in [-0.4, -0.2) is 12.5 Å².